The van der Waals surface area contributed by atoms with Crippen LogP contribution in [-0.2, 0) is 10.0 Å². The summed E-state index contributed by atoms with van der Waals surface area (Å²) in [5.41, 5.74) is 4.05. The summed E-state index contributed by atoms with van der Waals surface area (Å²) in [5.74, 6) is -0.208. The van der Waals surface area contributed by atoms with Crippen molar-refractivity contribution in [3.63, 3.8) is 0 Å². The fourth-order valence-electron chi connectivity index (χ4n) is 3.13. The smallest absolute Gasteiger partial charge is 0.291 e. The van der Waals surface area contributed by atoms with Crippen LogP contribution in [0.4, 0.5) is 11.6 Å². The van der Waals surface area contributed by atoms with E-state index in [4.69, 9.17) is 4.42 Å². The second-order valence-electron chi connectivity index (χ2n) is 7.15. The lowest BCUT2D eigenvalue weighted by Crippen LogP contribution is -2.15. The molecule has 0 saturated carbocycles. The largest absolute Gasteiger partial charge is 0.451 e. The Morgan fingerprint density at radius 3 is 2.29 bits per heavy atom. The van der Waals surface area contributed by atoms with E-state index in [1.165, 1.54) is 36.7 Å². The first-order valence-corrected chi connectivity index (χ1v) is 10.9. The first kappa shape index (κ1) is 20.5. The number of nitrogens with zero attached hydrogens (tertiary/aromatic N) is 2. The highest BCUT2D eigenvalue weighted by Gasteiger charge is 2.19. The Hall–Kier alpha value is -3.72. The Labute approximate surface area is 179 Å². The van der Waals surface area contributed by atoms with Gasteiger partial charge < -0.3 is 9.73 Å². The average Bonchev–Trinajstić information content (AvgIpc) is 3.05. The second kappa shape index (κ2) is 7.84. The van der Waals surface area contributed by atoms with Crippen LogP contribution < -0.4 is 10.0 Å². The summed E-state index contributed by atoms with van der Waals surface area (Å²) < 4.78 is 33.0. The quantitative estimate of drug-likeness (QED) is 0.485. The van der Waals surface area contributed by atoms with E-state index < -0.39 is 15.9 Å². The molecule has 4 rings (SSSR count). The van der Waals surface area contributed by atoms with E-state index in [-0.39, 0.29) is 16.6 Å². The standard InChI is InChI=1S/C22H20N4O4S/c1-13-11-18-15(3)20(30-19(18)12-14(13)2)21(27)25-16-5-7-17(8-6-16)31(28,29)26-22-23-9-4-10-24-22/h4-12H,1-3H3,(H,25,27)(H,23,24,26). The van der Waals surface area contributed by atoms with Gasteiger partial charge in [-0.05, 0) is 74.4 Å². The van der Waals surface area contributed by atoms with Crippen molar-refractivity contribution in [2.45, 2.75) is 25.7 Å². The van der Waals surface area contributed by atoms with Crippen LogP contribution in [-0.4, -0.2) is 24.3 Å². The van der Waals surface area contributed by atoms with Gasteiger partial charge in [0, 0.05) is 29.0 Å². The van der Waals surface area contributed by atoms with E-state index >= 15 is 0 Å². The van der Waals surface area contributed by atoms with Crippen molar-refractivity contribution >= 4 is 38.5 Å². The Morgan fingerprint density at radius 1 is 0.968 bits per heavy atom. The number of benzene rings is 2. The van der Waals surface area contributed by atoms with Gasteiger partial charge in [0.15, 0.2) is 5.76 Å². The molecule has 2 aromatic heterocycles. The second-order valence-corrected chi connectivity index (χ2v) is 8.83. The zero-order chi connectivity index (χ0) is 22.2. The van der Waals surface area contributed by atoms with Crippen LogP contribution in [0.15, 0.2) is 64.2 Å². The first-order chi connectivity index (χ1) is 14.7. The molecule has 0 unspecified atom stereocenters. The molecule has 0 spiro atoms. The zero-order valence-corrected chi connectivity index (χ0v) is 17.9. The van der Waals surface area contributed by atoms with E-state index in [1.54, 1.807) is 6.07 Å². The number of amides is 1. The molecule has 0 atom stereocenters. The van der Waals surface area contributed by atoms with Gasteiger partial charge in [0.2, 0.25) is 5.95 Å². The van der Waals surface area contributed by atoms with Crippen LogP contribution in [0.25, 0.3) is 11.0 Å². The third-order valence-electron chi connectivity index (χ3n) is 4.97. The zero-order valence-electron chi connectivity index (χ0n) is 17.1. The molecular weight excluding hydrogens is 416 g/mol. The summed E-state index contributed by atoms with van der Waals surface area (Å²) in [6.07, 6.45) is 2.87. The number of sulfonamides is 1. The van der Waals surface area contributed by atoms with Gasteiger partial charge in [-0.1, -0.05) is 0 Å². The summed E-state index contributed by atoms with van der Waals surface area (Å²) >= 11 is 0. The number of carbonyl (C=O) groups is 1. The van der Waals surface area contributed by atoms with Crippen molar-refractivity contribution in [2.24, 2.45) is 0 Å². The lowest BCUT2D eigenvalue weighted by atomic mass is 10.1. The number of aryl methyl sites for hydroxylation is 3. The topological polar surface area (TPSA) is 114 Å². The summed E-state index contributed by atoms with van der Waals surface area (Å²) in [7, 11) is -3.85. The van der Waals surface area contributed by atoms with E-state index in [0.717, 1.165) is 22.1 Å². The fourth-order valence-corrected chi connectivity index (χ4v) is 4.09. The molecular formula is C22H20N4O4S. The highest BCUT2D eigenvalue weighted by atomic mass is 32.2. The van der Waals surface area contributed by atoms with E-state index in [1.807, 2.05) is 32.9 Å². The molecule has 0 bridgehead atoms. The fraction of sp³-hybridized carbons (Fsp3) is 0.136. The minimum atomic E-state index is -3.85. The molecule has 0 fully saturated rings. The van der Waals surface area contributed by atoms with Crippen LogP contribution in [0.5, 0.6) is 0 Å². The molecule has 0 aliphatic carbocycles. The normalized spacial score (nSPS) is 11.5. The first-order valence-electron chi connectivity index (χ1n) is 9.46. The third-order valence-corrected chi connectivity index (χ3v) is 6.32. The molecule has 0 aliphatic heterocycles. The highest BCUT2D eigenvalue weighted by molar-refractivity contribution is 7.92. The predicted molar refractivity (Wildman–Crippen MR) is 118 cm³/mol. The third kappa shape index (κ3) is 4.13. The number of nitrogens with one attached hydrogen (secondary N) is 2. The van der Waals surface area contributed by atoms with Gasteiger partial charge in [-0.2, -0.15) is 0 Å². The number of fused-ring (bicyclic) bond motifs is 1. The molecule has 2 aromatic carbocycles. The monoisotopic (exact) mass is 436 g/mol. The number of anilines is 2. The maximum atomic E-state index is 12.7. The molecule has 2 heterocycles. The van der Waals surface area contributed by atoms with Crippen LogP contribution in [0.2, 0.25) is 0 Å². The molecule has 4 aromatic rings. The Morgan fingerprint density at radius 2 is 1.61 bits per heavy atom. The number of aromatic nitrogens is 2. The number of rotatable bonds is 5. The number of furan rings is 1. The van der Waals surface area contributed by atoms with Crippen LogP contribution in [0, 0.1) is 20.8 Å². The van der Waals surface area contributed by atoms with Crippen LogP contribution >= 0.6 is 0 Å². The maximum Gasteiger partial charge on any atom is 0.291 e. The van der Waals surface area contributed by atoms with Crippen LogP contribution in [0.3, 0.4) is 0 Å². The van der Waals surface area contributed by atoms with Gasteiger partial charge in [0.1, 0.15) is 5.58 Å². The highest BCUT2D eigenvalue weighted by Crippen LogP contribution is 2.28. The Balaban J connectivity index is 1.53. The summed E-state index contributed by atoms with van der Waals surface area (Å²) in [4.78, 5) is 20.5. The maximum absolute atomic E-state index is 12.7. The molecule has 1 amide bonds. The number of hydrogen-bond acceptors (Lipinski definition) is 6. The van der Waals surface area contributed by atoms with Gasteiger partial charge in [0.25, 0.3) is 15.9 Å². The molecule has 9 heteroatoms. The van der Waals surface area contributed by atoms with E-state index in [0.29, 0.717) is 11.3 Å². The lowest BCUT2D eigenvalue weighted by Gasteiger charge is -2.08. The number of hydrogen-bond donors (Lipinski definition) is 2. The Bertz CT molecular complexity index is 1380. The molecule has 2 N–H and O–H groups in total. The minimum absolute atomic E-state index is 0.0174. The van der Waals surface area contributed by atoms with Crippen molar-refractivity contribution in [3.05, 3.63) is 77.3 Å². The summed E-state index contributed by atoms with van der Waals surface area (Å²) in [5, 5.41) is 3.64. The molecule has 31 heavy (non-hydrogen) atoms. The summed E-state index contributed by atoms with van der Waals surface area (Å²) in [6, 6.07) is 11.3. The van der Waals surface area contributed by atoms with Crippen molar-refractivity contribution in [3.8, 4) is 0 Å². The van der Waals surface area contributed by atoms with E-state index in [9.17, 15) is 13.2 Å². The molecule has 0 aliphatic rings. The van der Waals surface area contributed by atoms with E-state index in [2.05, 4.69) is 20.0 Å². The van der Waals surface area contributed by atoms with Crippen molar-refractivity contribution in [2.75, 3.05) is 10.0 Å². The van der Waals surface area contributed by atoms with Gasteiger partial charge >= 0.3 is 0 Å². The van der Waals surface area contributed by atoms with Crippen molar-refractivity contribution in [1.82, 2.24) is 9.97 Å². The number of carbonyl (C=O) groups excluding carboxylic acids is 1. The SMILES string of the molecule is Cc1cc2oc(C(=O)Nc3ccc(S(=O)(=O)Nc4ncccn4)cc3)c(C)c2cc1C. The molecule has 158 valence electrons. The van der Waals surface area contributed by atoms with Gasteiger partial charge in [-0.15, -0.1) is 0 Å². The van der Waals surface area contributed by atoms with Crippen molar-refractivity contribution < 1.29 is 17.6 Å². The molecule has 8 nitrogen and oxygen atoms in total. The Kier molecular flexibility index (Phi) is 5.20. The van der Waals surface area contributed by atoms with Gasteiger partial charge in [-0.3, -0.25) is 4.79 Å². The van der Waals surface area contributed by atoms with Gasteiger partial charge in [-0.25, -0.2) is 23.1 Å². The van der Waals surface area contributed by atoms with Crippen LogP contribution in [0.1, 0.15) is 27.2 Å². The van der Waals surface area contributed by atoms with Gasteiger partial charge in [0.05, 0.1) is 4.90 Å². The minimum Gasteiger partial charge on any atom is -0.451 e. The van der Waals surface area contributed by atoms with Crippen molar-refractivity contribution in [1.29, 1.82) is 0 Å². The molecule has 0 radical (unpaired) electrons. The molecule has 0 saturated heterocycles. The summed E-state index contributed by atoms with van der Waals surface area (Å²) in [6.45, 7) is 5.83. The predicted octanol–water partition coefficient (Wildman–Crippen LogP) is 4.20. The lowest BCUT2D eigenvalue weighted by molar-refractivity contribution is 0.0998. The average molecular weight is 436 g/mol.